The number of likely N-dealkylation sites (tertiary alicyclic amines) is 1. The topological polar surface area (TPSA) is 57.7 Å². The smallest absolute Gasteiger partial charge is 0.252 e. The van der Waals surface area contributed by atoms with E-state index in [1.165, 1.54) is 11.3 Å². The number of hydrogen-bond acceptors (Lipinski definition) is 4. The Morgan fingerprint density at radius 1 is 1.29 bits per heavy atom. The van der Waals surface area contributed by atoms with Crippen LogP contribution in [0.5, 0.6) is 0 Å². The zero-order valence-electron chi connectivity index (χ0n) is 12.1. The molecule has 1 atom stereocenters. The van der Waals surface area contributed by atoms with Crippen molar-refractivity contribution < 1.29 is 13.2 Å². The first-order valence-electron chi connectivity index (χ1n) is 7.26. The molecule has 1 aromatic heterocycles. The summed E-state index contributed by atoms with van der Waals surface area (Å²) in [4.78, 5) is 13.8. The molecule has 7 heteroatoms. The second kappa shape index (κ2) is 5.37. The summed E-state index contributed by atoms with van der Waals surface area (Å²) in [5.74, 6) is 0.136. The average Bonchev–Trinajstić information content (AvgIpc) is 3.00. The Morgan fingerprint density at radius 2 is 2.05 bits per heavy atom. The van der Waals surface area contributed by atoms with Gasteiger partial charge in [0.15, 0.2) is 0 Å². The van der Waals surface area contributed by atoms with Gasteiger partial charge in [-0.15, -0.1) is 11.3 Å². The number of thiophene rings is 1. The number of nitrogens with zero attached hydrogens (tertiary/aromatic N) is 2. The lowest BCUT2D eigenvalue weighted by atomic mass is 9.81. The molecule has 0 N–H and O–H groups in total. The van der Waals surface area contributed by atoms with Gasteiger partial charge in [0.2, 0.25) is 5.91 Å². The van der Waals surface area contributed by atoms with Gasteiger partial charge < -0.3 is 4.90 Å². The molecule has 1 spiro atoms. The van der Waals surface area contributed by atoms with Gasteiger partial charge in [0, 0.05) is 26.6 Å². The third kappa shape index (κ3) is 2.51. The quantitative estimate of drug-likeness (QED) is 0.833. The number of rotatable bonds is 2. The lowest BCUT2D eigenvalue weighted by molar-refractivity contribution is -0.141. The van der Waals surface area contributed by atoms with Crippen LogP contribution in [0.2, 0.25) is 0 Å². The van der Waals surface area contributed by atoms with E-state index in [1.807, 2.05) is 7.05 Å². The van der Waals surface area contributed by atoms with Crippen molar-refractivity contribution in [3.8, 4) is 0 Å². The maximum absolute atomic E-state index is 12.7. The van der Waals surface area contributed by atoms with Crippen molar-refractivity contribution in [1.82, 2.24) is 9.21 Å². The first kappa shape index (κ1) is 15.0. The van der Waals surface area contributed by atoms with Crippen LogP contribution < -0.4 is 0 Å². The SMILES string of the molecule is CN1C(=O)CCC[C@@]12CCCN(S(=O)(=O)c1cccs1)C2. The zero-order chi connectivity index (χ0) is 15.1. The minimum Gasteiger partial charge on any atom is -0.339 e. The highest BCUT2D eigenvalue weighted by Crippen LogP contribution is 2.37. The Morgan fingerprint density at radius 3 is 2.76 bits per heavy atom. The Kier molecular flexibility index (Phi) is 3.83. The largest absolute Gasteiger partial charge is 0.339 e. The van der Waals surface area contributed by atoms with E-state index in [4.69, 9.17) is 0 Å². The van der Waals surface area contributed by atoms with Gasteiger partial charge in [0.25, 0.3) is 10.0 Å². The van der Waals surface area contributed by atoms with Crippen LogP contribution in [-0.4, -0.2) is 49.2 Å². The van der Waals surface area contributed by atoms with Crippen LogP contribution in [0.15, 0.2) is 21.7 Å². The molecule has 2 fully saturated rings. The standard InChI is InChI=1S/C14H20N2O3S2/c1-15-12(17)5-2-7-14(15)8-4-9-16(11-14)21(18,19)13-6-3-10-20-13/h3,6,10H,2,4-5,7-9,11H2,1H3/t14-/m0/s1. The van der Waals surface area contributed by atoms with Gasteiger partial charge >= 0.3 is 0 Å². The fourth-order valence-electron chi connectivity index (χ4n) is 3.46. The van der Waals surface area contributed by atoms with Crippen LogP contribution in [0.25, 0.3) is 0 Å². The summed E-state index contributed by atoms with van der Waals surface area (Å²) in [7, 11) is -1.60. The summed E-state index contributed by atoms with van der Waals surface area (Å²) >= 11 is 1.25. The molecular formula is C14H20N2O3S2. The lowest BCUT2D eigenvalue weighted by Gasteiger charge is -2.50. The van der Waals surface area contributed by atoms with Gasteiger partial charge in [-0.1, -0.05) is 6.07 Å². The highest BCUT2D eigenvalue weighted by molar-refractivity contribution is 7.91. The Labute approximate surface area is 129 Å². The van der Waals surface area contributed by atoms with Crippen molar-refractivity contribution in [2.45, 2.75) is 41.9 Å². The second-order valence-corrected chi connectivity index (χ2v) is 9.02. The normalized spacial score (nSPS) is 28.2. The molecule has 5 nitrogen and oxygen atoms in total. The molecule has 0 bridgehead atoms. The van der Waals surface area contributed by atoms with E-state index in [9.17, 15) is 13.2 Å². The van der Waals surface area contributed by atoms with Gasteiger partial charge in [-0.25, -0.2) is 8.42 Å². The third-order valence-electron chi connectivity index (χ3n) is 4.73. The lowest BCUT2D eigenvalue weighted by Crippen LogP contribution is -2.61. The van der Waals surface area contributed by atoms with E-state index in [0.29, 0.717) is 23.7 Å². The van der Waals surface area contributed by atoms with E-state index in [1.54, 1.807) is 26.7 Å². The van der Waals surface area contributed by atoms with Crippen LogP contribution in [0.3, 0.4) is 0 Å². The number of sulfonamides is 1. The van der Waals surface area contributed by atoms with Crippen LogP contribution >= 0.6 is 11.3 Å². The van der Waals surface area contributed by atoms with Crippen molar-refractivity contribution in [3.63, 3.8) is 0 Å². The maximum Gasteiger partial charge on any atom is 0.252 e. The first-order valence-corrected chi connectivity index (χ1v) is 9.58. The summed E-state index contributed by atoms with van der Waals surface area (Å²) < 4.78 is 27.4. The molecule has 0 unspecified atom stereocenters. The number of carbonyl (C=O) groups is 1. The second-order valence-electron chi connectivity index (χ2n) is 5.90. The Bertz CT molecular complexity index is 623. The Balaban J connectivity index is 1.88. The molecule has 0 saturated carbocycles. The summed E-state index contributed by atoms with van der Waals surface area (Å²) in [5, 5.41) is 1.78. The van der Waals surface area contributed by atoms with Crippen LogP contribution in [-0.2, 0) is 14.8 Å². The van der Waals surface area contributed by atoms with E-state index in [2.05, 4.69) is 0 Å². The van der Waals surface area contributed by atoms with E-state index in [-0.39, 0.29) is 11.4 Å². The van der Waals surface area contributed by atoms with Crippen LogP contribution in [0.1, 0.15) is 32.1 Å². The predicted octanol–water partition coefficient (Wildman–Crippen LogP) is 1.91. The summed E-state index contributed by atoms with van der Waals surface area (Å²) in [6.07, 6.45) is 4.03. The highest BCUT2D eigenvalue weighted by atomic mass is 32.2. The minimum atomic E-state index is -3.42. The van der Waals surface area contributed by atoms with Crippen LogP contribution in [0.4, 0.5) is 0 Å². The highest BCUT2D eigenvalue weighted by Gasteiger charge is 2.46. The molecule has 0 aliphatic carbocycles. The van der Waals surface area contributed by atoms with Crippen LogP contribution in [0, 0.1) is 0 Å². The van der Waals surface area contributed by atoms with Gasteiger partial charge in [-0.2, -0.15) is 4.31 Å². The molecule has 2 aliphatic rings. The van der Waals surface area contributed by atoms with Gasteiger partial charge in [0.05, 0.1) is 5.54 Å². The molecular weight excluding hydrogens is 308 g/mol. The van der Waals surface area contributed by atoms with Gasteiger partial charge in [-0.05, 0) is 37.1 Å². The van der Waals surface area contributed by atoms with E-state index >= 15 is 0 Å². The number of amides is 1. The van der Waals surface area contributed by atoms with Crippen molar-refractivity contribution in [1.29, 1.82) is 0 Å². The minimum absolute atomic E-state index is 0.136. The van der Waals surface area contributed by atoms with E-state index < -0.39 is 10.0 Å². The molecule has 21 heavy (non-hydrogen) atoms. The predicted molar refractivity (Wildman–Crippen MR) is 81.7 cm³/mol. The summed E-state index contributed by atoms with van der Waals surface area (Å²) in [6.45, 7) is 0.972. The van der Waals surface area contributed by atoms with Crippen molar-refractivity contribution in [3.05, 3.63) is 17.5 Å². The number of hydrogen-bond donors (Lipinski definition) is 0. The van der Waals surface area contributed by atoms with E-state index in [0.717, 1.165) is 25.7 Å². The summed E-state index contributed by atoms with van der Waals surface area (Å²) in [5.41, 5.74) is -0.308. The van der Waals surface area contributed by atoms with Gasteiger partial charge in [0.1, 0.15) is 4.21 Å². The van der Waals surface area contributed by atoms with Gasteiger partial charge in [-0.3, -0.25) is 4.79 Å². The maximum atomic E-state index is 12.7. The number of likely N-dealkylation sites (N-methyl/N-ethyl adjacent to an activating group) is 1. The molecule has 1 aromatic rings. The molecule has 0 radical (unpaired) electrons. The van der Waals surface area contributed by atoms with Crippen molar-refractivity contribution in [2.75, 3.05) is 20.1 Å². The third-order valence-corrected chi connectivity index (χ3v) is 7.95. The first-order chi connectivity index (χ1) is 9.96. The fourth-order valence-corrected chi connectivity index (χ4v) is 6.16. The van der Waals surface area contributed by atoms with Crippen molar-refractivity contribution >= 4 is 27.3 Å². The number of carbonyl (C=O) groups excluding carboxylic acids is 1. The molecule has 3 rings (SSSR count). The monoisotopic (exact) mass is 328 g/mol. The fraction of sp³-hybridized carbons (Fsp3) is 0.643. The Hall–Kier alpha value is -0.920. The van der Waals surface area contributed by atoms with Crippen molar-refractivity contribution in [2.24, 2.45) is 0 Å². The zero-order valence-corrected chi connectivity index (χ0v) is 13.8. The molecule has 116 valence electrons. The molecule has 3 heterocycles. The summed E-state index contributed by atoms with van der Waals surface area (Å²) in [6, 6.07) is 3.41. The molecule has 2 saturated heterocycles. The molecule has 2 aliphatic heterocycles. The molecule has 0 aromatic carbocycles. The average molecular weight is 328 g/mol. The number of piperidine rings is 2. The molecule has 1 amide bonds.